The first-order valence-corrected chi connectivity index (χ1v) is 7.01. The number of carbonyl (C=O) groups excluding carboxylic acids is 1. The lowest BCUT2D eigenvalue weighted by Gasteiger charge is -2.16. The van der Waals surface area contributed by atoms with Gasteiger partial charge in [-0.05, 0) is 19.4 Å². The summed E-state index contributed by atoms with van der Waals surface area (Å²) in [4.78, 5) is 22.5. The van der Waals surface area contributed by atoms with E-state index in [2.05, 4.69) is 21.8 Å². The summed E-state index contributed by atoms with van der Waals surface area (Å²) >= 11 is 0. The van der Waals surface area contributed by atoms with Crippen LogP contribution in [-0.2, 0) is 6.54 Å². The molecule has 1 aliphatic rings. The van der Waals surface area contributed by atoms with E-state index < -0.39 is 0 Å². The van der Waals surface area contributed by atoms with Gasteiger partial charge in [-0.2, -0.15) is 0 Å². The Morgan fingerprint density at radius 2 is 2.40 bits per heavy atom. The molecule has 106 valence electrons. The maximum atomic E-state index is 11.7. The number of rotatable bonds is 2. The molecule has 1 N–H and O–H groups in total. The molecule has 0 aromatic carbocycles. The number of nitrogens with one attached hydrogen (secondary N) is 1. The number of imidazole rings is 1. The molecule has 2 aromatic rings. The number of fused-ring (bicyclic) bond motifs is 1. The molecule has 0 radical (unpaired) electrons. The third-order valence-electron chi connectivity index (χ3n) is 3.95. The zero-order valence-corrected chi connectivity index (χ0v) is 11.8. The molecule has 0 bridgehead atoms. The Kier molecular flexibility index (Phi) is 3.30. The van der Waals surface area contributed by atoms with E-state index >= 15 is 0 Å². The summed E-state index contributed by atoms with van der Waals surface area (Å²) in [7, 11) is 1.67. The third kappa shape index (κ3) is 2.01. The molecular weight excluding hydrogens is 254 g/mol. The minimum atomic E-state index is -0.00618. The normalized spacial score (nSPS) is 18.7. The van der Waals surface area contributed by atoms with Gasteiger partial charge >= 0.3 is 6.03 Å². The summed E-state index contributed by atoms with van der Waals surface area (Å²) in [6, 6.07) is 1.93. The highest BCUT2D eigenvalue weighted by Gasteiger charge is 2.30. The molecule has 3 heterocycles. The Bertz CT molecular complexity index is 636. The van der Waals surface area contributed by atoms with E-state index in [1.54, 1.807) is 13.2 Å². The van der Waals surface area contributed by atoms with Gasteiger partial charge in [-0.1, -0.05) is 0 Å². The van der Waals surface area contributed by atoms with Crippen molar-refractivity contribution in [2.75, 3.05) is 20.1 Å². The Labute approximate surface area is 117 Å². The molecule has 1 atom stereocenters. The van der Waals surface area contributed by atoms with Crippen LogP contribution in [0.5, 0.6) is 0 Å². The number of aryl methyl sites for hydroxylation is 1. The number of hydrogen-bond donors (Lipinski definition) is 1. The van der Waals surface area contributed by atoms with Crippen LogP contribution in [-0.4, -0.2) is 45.6 Å². The van der Waals surface area contributed by atoms with E-state index in [0.29, 0.717) is 5.92 Å². The predicted octanol–water partition coefficient (Wildman–Crippen LogP) is 1.58. The molecular formula is C14H19N5O. The van der Waals surface area contributed by atoms with Gasteiger partial charge in [0.1, 0.15) is 5.82 Å². The highest BCUT2D eigenvalue weighted by Crippen LogP contribution is 2.29. The monoisotopic (exact) mass is 273 g/mol. The summed E-state index contributed by atoms with van der Waals surface area (Å²) in [6.07, 6.45) is 4.59. The standard InChI is InChI=1S/C14H19N5O/c1-3-19-12-8-16-6-4-11(12)17-13(19)10-5-7-18(9-10)14(20)15-2/h4,6,8,10H,3,5,7,9H2,1-2H3,(H,15,20). The van der Waals surface area contributed by atoms with Gasteiger partial charge in [0, 0.05) is 38.8 Å². The number of amides is 2. The van der Waals surface area contributed by atoms with Crippen molar-refractivity contribution in [3.05, 3.63) is 24.3 Å². The van der Waals surface area contributed by atoms with Crippen LogP contribution in [0.1, 0.15) is 25.1 Å². The highest BCUT2D eigenvalue weighted by molar-refractivity contribution is 5.75. The summed E-state index contributed by atoms with van der Waals surface area (Å²) in [5, 5.41) is 2.68. The van der Waals surface area contributed by atoms with Gasteiger partial charge in [0.15, 0.2) is 0 Å². The molecule has 1 fully saturated rings. The van der Waals surface area contributed by atoms with Gasteiger partial charge < -0.3 is 14.8 Å². The second-order valence-corrected chi connectivity index (χ2v) is 5.07. The molecule has 3 rings (SSSR count). The number of carbonyl (C=O) groups is 1. The van der Waals surface area contributed by atoms with Gasteiger partial charge in [-0.15, -0.1) is 0 Å². The number of urea groups is 1. The van der Waals surface area contributed by atoms with E-state index in [1.165, 1.54) is 0 Å². The van der Waals surface area contributed by atoms with Crippen LogP contribution in [0.3, 0.4) is 0 Å². The van der Waals surface area contributed by atoms with Crippen molar-refractivity contribution in [1.82, 2.24) is 24.8 Å². The summed E-state index contributed by atoms with van der Waals surface area (Å²) in [6.45, 7) is 4.50. The van der Waals surface area contributed by atoms with E-state index in [4.69, 9.17) is 4.98 Å². The lowest BCUT2D eigenvalue weighted by Crippen LogP contribution is -2.36. The van der Waals surface area contributed by atoms with Crippen molar-refractivity contribution in [3.8, 4) is 0 Å². The van der Waals surface area contributed by atoms with Gasteiger partial charge in [-0.3, -0.25) is 4.98 Å². The van der Waals surface area contributed by atoms with Gasteiger partial charge in [0.25, 0.3) is 0 Å². The van der Waals surface area contributed by atoms with Crippen molar-refractivity contribution < 1.29 is 4.79 Å². The van der Waals surface area contributed by atoms with Crippen molar-refractivity contribution in [3.63, 3.8) is 0 Å². The molecule has 1 aliphatic heterocycles. The van der Waals surface area contributed by atoms with Crippen molar-refractivity contribution in [2.24, 2.45) is 0 Å². The van der Waals surface area contributed by atoms with E-state index in [9.17, 15) is 4.79 Å². The maximum Gasteiger partial charge on any atom is 0.317 e. The smallest absolute Gasteiger partial charge is 0.317 e. The minimum Gasteiger partial charge on any atom is -0.341 e. The van der Waals surface area contributed by atoms with Crippen LogP contribution in [0.25, 0.3) is 11.0 Å². The van der Waals surface area contributed by atoms with E-state index in [0.717, 1.165) is 42.9 Å². The Morgan fingerprint density at radius 1 is 1.55 bits per heavy atom. The molecule has 0 spiro atoms. The zero-order valence-electron chi connectivity index (χ0n) is 11.8. The Balaban J connectivity index is 1.93. The fraction of sp³-hybridized carbons (Fsp3) is 0.500. The number of pyridine rings is 1. The zero-order chi connectivity index (χ0) is 14.1. The van der Waals surface area contributed by atoms with Crippen molar-refractivity contribution in [1.29, 1.82) is 0 Å². The molecule has 1 saturated heterocycles. The average Bonchev–Trinajstić information content (AvgIpc) is 3.10. The van der Waals surface area contributed by atoms with E-state index in [1.807, 2.05) is 17.2 Å². The average molecular weight is 273 g/mol. The van der Waals surface area contributed by atoms with Crippen LogP contribution >= 0.6 is 0 Å². The minimum absolute atomic E-state index is 0.00618. The van der Waals surface area contributed by atoms with E-state index in [-0.39, 0.29) is 6.03 Å². The molecule has 6 heteroatoms. The summed E-state index contributed by atoms with van der Waals surface area (Å²) in [5.74, 6) is 1.38. The second-order valence-electron chi connectivity index (χ2n) is 5.07. The Hall–Kier alpha value is -2.11. The quantitative estimate of drug-likeness (QED) is 0.903. The highest BCUT2D eigenvalue weighted by atomic mass is 16.2. The van der Waals surface area contributed by atoms with Crippen LogP contribution < -0.4 is 5.32 Å². The lowest BCUT2D eigenvalue weighted by molar-refractivity contribution is 0.210. The lowest BCUT2D eigenvalue weighted by atomic mass is 10.1. The Morgan fingerprint density at radius 3 is 3.15 bits per heavy atom. The number of nitrogens with zero attached hydrogens (tertiary/aromatic N) is 4. The summed E-state index contributed by atoms with van der Waals surface area (Å²) in [5.41, 5.74) is 2.05. The van der Waals surface area contributed by atoms with Crippen molar-refractivity contribution >= 4 is 17.1 Å². The number of hydrogen-bond acceptors (Lipinski definition) is 3. The second kappa shape index (κ2) is 5.11. The maximum absolute atomic E-state index is 11.7. The first-order valence-electron chi connectivity index (χ1n) is 7.01. The van der Waals surface area contributed by atoms with Crippen LogP contribution in [0, 0.1) is 0 Å². The first-order chi connectivity index (χ1) is 9.74. The molecule has 1 unspecified atom stereocenters. The van der Waals surface area contributed by atoms with Crippen LogP contribution in [0.15, 0.2) is 18.5 Å². The number of aromatic nitrogens is 3. The fourth-order valence-electron chi connectivity index (χ4n) is 2.95. The third-order valence-corrected chi connectivity index (χ3v) is 3.95. The first kappa shape index (κ1) is 12.9. The molecule has 0 saturated carbocycles. The summed E-state index contributed by atoms with van der Waals surface area (Å²) < 4.78 is 2.21. The van der Waals surface area contributed by atoms with Gasteiger partial charge in [0.2, 0.25) is 0 Å². The molecule has 6 nitrogen and oxygen atoms in total. The fourth-order valence-corrected chi connectivity index (χ4v) is 2.95. The SMILES string of the molecule is CCn1c(C2CCN(C(=O)NC)C2)nc2ccncc21. The molecule has 0 aliphatic carbocycles. The topological polar surface area (TPSA) is 63.1 Å². The predicted molar refractivity (Wildman–Crippen MR) is 76.6 cm³/mol. The largest absolute Gasteiger partial charge is 0.341 e. The van der Waals surface area contributed by atoms with Crippen molar-refractivity contribution in [2.45, 2.75) is 25.8 Å². The van der Waals surface area contributed by atoms with Crippen LogP contribution in [0.2, 0.25) is 0 Å². The molecule has 2 aromatic heterocycles. The van der Waals surface area contributed by atoms with Gasteiger partial charge in [-0.25, -0.2) is 9.78 Å². The molecule has 2 amide bonds. The molecule has 20 heavy (non-hydrogen) atoms. The number of likely N-dealkylation sites (tertiary alicyclic amines) is 1. The van der Waals surface area contributed by atoms with Gasteiger partial charge in [0.05, 0.1) is 17.2 Å². The van der Waals surface area contributed by atoms with Crippen LogP contribution in [0.4, 0.5) is 4.79 Å².